The molecule has 0 unspecified atom stereocenters. The van der Waals surface area contributed by atoms with Crippen LogP contribution in [0.15, 0.2) is 42.5 Å². The lowest BCUT2D eigenvalue weighted by atomic mass is 10.1. The van der Waals surface area contributed by atoms with Crippen LogP contribution >= 0.6 is 11.6 Å². The van der Waals surface area contributed by atoms with Gasteiger partial charge in [0.15, 0.2) is 6.10 Å². The molecule has 0 radical (unpaired) electrons. The number of anilines is 1. The van der Waals surface area contributed by atoms with Gasteiger partial charge in [-0.3, -0.25) is 9.59 Å². The van der Waals surface area contributed by atoms with Crippen molar-refractivity contribution in [2.75, 3.05) is 5.32 Å². The average molecular weight is 336 g/mol. The lowest BCUT2D eigenvalue weighted by Crippen LogP contribution is -2.24. The number of rotatable bonds is 5. The Labute approximate surface area is 138 Å². The van der Waals surface area contributed by atoms with Crippen molar-refractivity contribution in [1.29, 1.82) is 0 Å². The number of hydrogen-bond acceptors (Lipinski definition) is 3. The lowest BCUT2D eigenvalue weighted by molar-refractivity contribution is -0.114. The molecule has 4 nitrogen and oxygen atoms in total. The first-order valence-corrected chi connectivity index (χ1v) is 7.28. The smallest absolute Gasteiger partial charge is 0.221 e. The van der Waals surface area contributed by atoms with Gasteiger partial charge < -0.3 is 10.1 Å². The maximum absolute atomic E-state index is 13.0. The predicted molar refractivity (Wildman–Crippen MR) is 86.6 cm³/mol. The Morgan fingerprint density at radius 3 is 2.39 bits per heavy atom. The topological polar surface area (TPSA) is 55.4 Å². The molecule has 0 spiro atoms. The quantitative estimate of drug-likeness (QED) is 0.837. The highest BCUT2D eigenvalue weighted by Crippen LogP contribution is 2.26. The van der Waals surface area contributed by atoms with E-state index in [-0.39, 0.29) is 22.5 Å². The normalized spacial score (nSPS) is 11.7. The Morgan fingerprint density at radius 2 is 1.83 bits per heavy atom. The van der Waals surface area contributed by atoms with E-state index in [1.807, 2.05) is 0 Å². The van der Waals surface area contributed by atoms with E-state index in [0.29, 0.717) is 11.3 Å². The zero-order valence-corrected chi connectivity index (χ0v) is 13.4. The number of nitrogens with one attached hydrogen (secondary N) is 1. The number of ketones is 1. The van der Waals surface area contributed by atoms with Gasteiger partial charge in [-0.15, -0.1) is 0 Å². The molecule has 0 aliphatic heterocycles. The molecule has 0 heterocycles. The molecule has 0 fully saturated rings. The molecule has 23 heavy (non-hydrogen) atoms. The molecule has 0 saturated heterocycles. The van der Waals surface area contributed by atoms with Crippen LogP contribution < -0.4 is 10.1 Å². The molecule has 0 saturated carbocycles. The first-order valence-electron chi connectivity index (χ1n) is 6.90. The van der Waals surface area contributed by atoms with Gasteiger partial charge >= 0.3 is 0 Å². The van der Waals surface area contributed by atoms with Crippen molar-refractivity contribution in [3.05, 3.63) is 58.9 Å². The van der Waals surface area contributed by atoms with Crippen LogP contribution in [0, 0.1) is 5.82 Å². The first kappa shape index (κ1) is 17.0. The van der Waals surface area contributed by atoms with E-state index in [9.17, 15) is 14.0 Å². The van der Waals surface area contributed by atoms with E-state index < -0.39 is 11.9 Å². The first-order chi connectivity index (χ1) is 10.9. The number of carbonyl (C=O) groups is 2. The number of halogens is 2. The van der Waals surface area contributed by atoms with Crippen molar-refractivity contribution in [2.45, 2.75) is 20.0 Å². The SMILES string of the molecule is CC(=O)Nc1ccc(C(=O)[C@H](C)Oc2ccc(F)cc2Cl)cc1. The Balaban J connectivity index is 2.08. The third-order valence-corrected chi connectivity index (χ3v) is 3.35. The highest BCUT2D eigenvalue weighted by atomic mass is 35.5. The third-order valence-electron chi connectivity index (χ3n) is 3.06. The van der Waals surface area contributed by atoms with E-state index >= 15 is 0 Å². The van der Waals surface area contributed by atoms with Crippen LogP contribution in [0.5, 0.6) is 5.75 Å². The van der Waals surface area contributed by atoms with Crippen molar-refractivity contribution in [3.8, 4) is 5.75 Å². The monoisotopic (exact) mass is 335 g/mol. The fourth-order valence-electron chi connectivity index (χ4n) is 1.97. The van der Waals surface area contributed by atoms with E-state index in [2.05, 4.69) is 5.32 Å². The highest BCUT2D eigenvalue weighted by molar-refractivity contribution is 6.32. The van der Waals surface area contributed by atoms with E-state index in [1.54, 1.807) is 31.2 Å². The summed E-state index contributed by atoms with van der Waals surface area (Å²) in [6.45, 7) is 2.99. The van der Waals surface area contributed by atoms with Crippen LogP contribution in [0.4, 0.5) is 10.1 Å². The molecular weight excluding hydrogens is 321 g/mol. The van der Waals surface area contributed by atoms with Crippen LogP contribution in [0.1, 0.15) is 24.2 Å². The van der Waals surface area contributed by atoms with Gasteiger partial charge in [0.05, 0.1) is 5.02 Å². The van der Waals surface area contributed by atoms with Crippen LogP contribution in [0.2, 0.25) is 5.02 Å². The number of benzene rings is 2. The van der Waals surface area contributed by atoms with Crippen molar-refractivity contribution in [2.24, 2.45) is 0 Å². The fourth-order valence-corrected chi connectivity index (χ4v) is 2.18. The highest BCUT2D eigenvalue weighted by Gasteiger charge is 2.18. The third kappa shape index (κ3) is 4.53. The minimum absolute atomic E-state index is 0.102. The van der Waals surface area contributed by atoms with Crippen LogP contribution in [0.25, 0.3) is 0 Å². The molecular formula is C17H15ClFNO3. The molecule has 0 aliphatic carbocycles. The summed E-state index contributed by atoms with van der Waals surface area (Å²) in [7, 11) is 0. The second kappa shape index (κ2) is 7.24. The van der Waals surface area contributed by atoms with Crippen LogP contribution in [-0.2, 0) is 4.79 Å². The van der Waals surface area contributed by atoms with Gasteiger partial charge in [0.25, 0.3) is 0 Å². The number of hydrogen-bond donors (Lipinski definition) is 1. The zero-order chi connectivity index (χ0) is 17.0. The Morgan fingerprint density at radius 1 is 1.17 bits per heavy atom. The molecule has 1 atom stereocenters. The zero-order valence-electron chi connectivity index (χ0n) is 12.6. The van der Waals surface area contributed by atoms with Gasteiger partial charge in [-0.1, -0.05) is 11.6 Å². The van der Waals surface area contributed by atoms with Crippen molar-refractivity contribution in [3.63, 3.8) is 0 Å². The van der Waals surface area contributed by atoms with E-state index in [0.717, 1.165) is 6.07 Å². The van der Waals surface area contributed by atoms with Gasteiger partial charge in [0.1, 0.15) is 11.6 Å². The summed E-state index contributed by atoms with van der Waals surface area (Å²) in [5, 5.41) is 2.72. The van der Waals surface area contributed by atoms with Gasteiger partial charge in [0.2, 0.25) is 11.7 Å². The van der Waals surface area contributed by atoms with Crippen molar-refractivity contribution in [1.82, 2.24) is 0 Å². The van der Waals surface area contributed by atoms with Gasteiger partial charge in [-0.2, -0.15) is 0 Å². The number of carbonyl (C=O) groups excluding carboxylic acids is 2. The minimum Gasteiger partial charge on any atom is -0.481 e. The fraction of sp³-hybridized carbons (Fsp3) is 0.176. The summed E-state index contributed by atoms with van der Waals surface area (Å²) >= 11 is 5.88. The predicted octanol–water partition coefficient (Wildman–Crippen LogP) is 4.09. The average Bonchev–Trinajstić information content (AvgIpc) is 2.49. The Hall–Kier alpha value is -2.40. The molecule has 2 aromatic carbocycles. The summed E-state index contributed by atoms with van der Waals surface area (Å²) in [6, 6.07) is 10.2. The van der Waals surface area contributed by atoms with Crippen LogP contribution in [0.3, 0.4) is 0 Å². The molecule has 1 amide bonds. The lowest BCUT2D eigenvalue weighted by Gasteiger charge is -2.15. The van der Waals surface area contributed by atoms with Gasteiger partial charge in [-0.05, 0) is 49.4 Å². The molecule has 1 N–H and O–H groups in total. The van der Waals surface area contributed by atoms with Crippen molar-refractivity contribution >= 4 is 29.0 Å². The molecule has 0 aliphatic rings. The molecule has 0 bridgehead atoms. The maximum Gasteiger partial charge on any atom is 0.221 e. The molecule has 6 heteroatoms. The molecule has 120 valence electrons. The molecule has 0 aromatic heterocycles. The Bertz CT molecular complexity index is 731. The summed E-state index contributed by atoms with van der Waals surface area (Å²) in [5.74, 6) is -0.676. The largest absolute Gasteiger partial charge is 0.481 e. The van der Waals surface area contributed by atoms with E-state index in [1.165, 1.54) is 19.1 Å². The van der Waals surface area contributed by atoms with Gasteiger partial charge in [-0.25, -0.2) is 4.39 Å². The molecule has 2 aromatic rings. The standard InChI is InChI=1S/C17H15ClFNO3/c1-10(23-16-8-5-13(19)9-15(16)18)17(22)12-3-6-14(7-4-12)20-11(2)21/h3-10H,1-2H3,(H,20,21)/t10-/m0/s1. The summed E-state index contributed by atoms with van der Waals surface area (Å²) in [4.78, 5) is 23.3. The number of Topliss-reactive ketones (excluding diaryl/α,β-unsaturated/α-hetero) is 1. The van der Waals surface area contributed by atoms with E-state index in [4.69, 9.17) is 16.3 Å². The second-order valence-corrected chi connectivity index (χ2v) is 5.36. The maximum atomic E-state index is 13.0. The number of ether oxygens (including phenoxy) is 1. The summed E-state index contributed by atoms with van der Waals surface area (Å²) < 4.78 is 18.5. The minimum atomic E-state index is -0.787. The molecule has 2 rings (SSSR count). The summed E-state index contributed by atoms with van der Waals surface area (Å²) in [6.07, 6.45) is -0.787. The number of amides is 1. The van der Waals surface area contributed by atoms with Crippen LogP contribution in [-0.4, -0.2) is 17.8 Å². The van der Waals surface area contributed by atoms with Crippen molar-refractivity contribution < 1.29 is 18.7 Å². The van der Waals surface area contributed by atoms with Gasteiger partial charge in [0, 0.05) is 18.2 Å². The second-order valence-electron chi connectivity index (χ2n) is 4.96. The Kier molecular flexibility index (Phi) is 5.34. The summed E-state index contributed by atoms with van der Waals surface area (Å²) in [5.41, 5.74) is 1.04.